The minimum Gasteiger partial charge on any atom is -0.477 e. The Kier molecular flexibility index (Phi) is 2.55. The molecule has 1 N–H and O–H groups in total. The number of hydrogen-bond acceptors (Lipinski definition) is 4. The van der Waals surface area contributed by atoms with E-state index in [9.17, 15) is 9.90 Å². The maximum Gasteiger partial charge on any atom is 0.354 e. The first kappa shape index (κ1) is 10.7. The summed E-state index contributed by atoms with van der Waals surface area (Å²) in [5.74, 6) is 0.137. The Morgan fingerprint density at radius 3 is 2.71 bits per heavy atom. The number of carboxylic acid groups (broad SMARTS) is 1. The molecule has 0 radical (unpaired) electrons. The first-order chi connectivity index (χ1) is 8.25. The van der Waals surface area contributed by atoms with Crippen LogP contribution in [-0.2, 0) is 17.6 Å². The van der Waals surface area contributed by atoms with Gasteiger partial charge in [0.15, 0.2) is 5.69 Å². The summed E-state index contributed by atoms with van der Waals surface area (Å²) in [7, 11) is 0. The summed E-state index contributed by atoms with van der Waals surface area (Å²) in [6.07, 6.45) is 3.45. The second-order valence-corrected chi connectivity index (χ2v) is 4.55. The molecule has 5 heteroatoms. The molecule has 0 spiro atoms. The van der Waals surface area contributed by atoms with E-state index in [0.717, 1.165) is 24.1 Å². The number of fused-ring (bicyclic) bond motifs is 1. The van der Waals surface area contributed by atoms with Crippen LogP contribution in [0, 0.1) is 0 Å². The van der Waals surface area contributed by atoms with Gasteiger partial charge in [-0.05, 0) is 19.3 Å². The molecule has 2 heterocycles. The van der Waals surface area contributed by atoms with E-state index in [0.29, 0.717) is 37.8 Å². The summed E-state index contributed by atoms with van der Waals surface area (Å²) < 4.78 is 5.37. The van der Waals surface area contributed by atoms with Gasteiger partial charge in [-0.25, -0.2) is 14.8 Å². The summed E-state index contributed by atoms with van der Waals surface area (Å²) in [5, 5.41) is 9.23. The van der Waals surface area contributed by atoms with Crippen molar-refractivity contribution in [1.82, 2.24) is 9.97 Å². The first-order valence-corrected chi connectivity index (χ1v) is 5.96. The summed E-state index contributed by atoms with van der Waals surface area (Å²) in [5.41, 5.74) is 1.82. The molecular weight excluding hydrogens is 220 g/mol. The maximum absolute atomic E-state index is 11.2. The molecule has 0 bridgehead atoms. The molecule has 90 valence electrons. The molecule has 1 aliphatic carbocycles. The third-order valence-electron chi connectivity index (χ3n) is 3.23. The average molecular weight is 234 g/mol. The van der Waals surface area contributed by atoms with Gasteiger partial charge >= 0.3 is 5.97 Å². The monoisotopic (exact) mass is 234 g/mol. The van der Waals surface area contributed by atoms with Crippen LogP contribution in [0.3, 0.4) is 0 Å². The Balaban J connectivity index is 2.10. The number of hydrogen-bond donors (Lipinski definition) is 1. The Bertz CT molecular complexity index is 469. The zero-order valence-electron chi connectivity index (χ0n) is 9.48. The quantitative estimate of drug-likeness (QED) is 0.831. The third kappa shape index (κ3) is 2.02. The Hall–Kier alpha value is -1.49. The van der Waals surface area contributed by atoms with Crippen molar-refractivity contribution < 1.29 is 14.6 Å². The van der Waals surface area contributed by atoms with Crippen LogP contribution in [0.5, 0.6) is 0 Å². The molecule has 3 rings (SSSR count). The van der Waals surface area contributed by atoms with Crippen LogP contribution in [0.1, 0.15) is 46.3 Å². The number of aromatic carboxylic acids is 1. The van der Waals surface area contributed by atoms with Crippen molar-refractivity contribution in [3.63, 3.8) is 0 Å². The lowest BCUT2D eigenvalue weighted by Crippen LogP contribution is -2.13. The van der Waals surface area contributed by atoms with Crippen molar-refractivity contribution >= 4 is 5.97 Å². The molecule has 1 aromatic rings. The van der Waals surface area contributed by atoms with Gasteiger partial charge < -0.3 is 9.84 Å². The molecule has 0 amide bonds. The van der Waals surface area contributed by atoms with E-state index in [2.05, 4.69) is 9.97 Å². The van der Waals surface area contributed by atoms with Gasteiger partial charge in [0.2, 0.25) is 0 Å². The van der Waals surface area contributed by atoms with E-state index in [1.54, 1.807) is 0 Å². The zero-order chi connectivity index (χ0) is 11.8. The van der Waals surface area contributed by atoms with Crippen molar-refractivity contribution in [2.24, 2.45) is 0 Å². The molecular formula is C12H14N2O3. The van der Waals surface area contributed by atoms with Gasteiger partial charge in [0.25, 0.3) is 0 Å². The Labute approximate surface area is 98.8 Å². The number of aromatic nitrogens is 2. The number of nitrogens with zero attached hydrogens (tertiary/aromatic N) is 2. The molecule has 1 aliphatic heterocycles. The fourth-order valence-corrected chi connectivity index (χ4v) is 2.17. The van der Waals surface area contributed by atoms with Gasteiger partial charge in [-0.2, -0.15) is 0 Å². The maximum atomic E-state index is 11.2. The third-order valence-corrected chi connectivity index (χ3v) is 3.23. The fourth-order valence-electron chi connectivity index (χ4n) is 2.17. The molecule has 1 fully saturated rings. The Morgan fingerprint density at radius 1 is 1.24 bits per heavy atom. The minimum atomic E-state index is -0.951. The molecule has 0 unspecified atom stereocenters. The van der Waals surface area contributed by atoms with Crippen LogP contribution in [0.25, 0.3) is 0 Å². The highest BCUT2D eigenvalue weighted by atomic mass is 16.5. The van der Waals surface area contributed by atoms with Crippen molar-refractivity contribution in [3.05, 3.63) is 22.8 Å². The van der Waals surface area contributed by atoms with Crippen molar-refractivity contribution in [1.29, 1.82) is 0 Å². The molecule has 0 saturated heterocycles. The van der Waals surface area contributed by atoms with Crippen LogP contribution in [0.2, 0.25) is 0 Å². The van der Waals surface area contributed by atoms with Crippen molar-refractivity contribution in [2.75, 3.05) is 13.2 Å². The lowest BCUT2D eigenvalue weighted by molar-refractivity contribution is 0.0688. The Morgan fingerprint density at radius 2 is 2.00 bits per heavy atom. The van der Waals surface area contributed by atoms with E-state index in [1.807, 2.05) is 0 Å². The highest BCUT2D eigenvalue weighted by molar-refractivity contribution is 5.87. The van der Waals surface area contributed by atoms with Gasteiger partial charge in [0.05, 0.1) is 18.9 Å². The number of rotatable bonds is 2. The number of ether oxygens (including phenoxy) is 1. The van der Waals surface area contributed by atoms with Gasteiger partial charge in [0.1, 0.15) is 5.82 Å². The standard InChI is InChI=1S/C12H14N2O3/c15-12(16)10-8-3-5-17-6-4-9(8)13-11(14-10)7-1-2-7/h7H,1-6H2,(H,15,16). The average Bonchev–Trinajstić information content (AvgIpc) is 3.13. The predicted molar refractivity (Wildman–Crippen MR) is 59.2 cm³/mol. The van der Waals surface area contributed by atoms with Crippen LogP contribution in [0.4, 0.5) is 0 Å². The summed E-state index contributed by atoms with van der Waals surface area (Å²) in [4.78, 5) is 20.0. The summed E-state index contributed by atoms with van der Waals surface area (Å²) >= 11 is 0. The van der Waals surface area contributed by atoms with Gasteiger partial charge in [0, 0.05) is 17.9 Å². The summed E-state index contributed by atoms with van der Waals surface area (Å²) in [6.45, 7) is 1.17. The van der Waals surface area contributed by atoms with Crippen LogP contribution in [-0.4, -0.2) is 34.3 Å². The second kappa shape index (κ2) is 4.07. The SMILES string of the molecule is O=C(O)c1nc(C2CC2)nc2c1CCOCC2. The molecule has 0 atom stereocenters. The molecule has 17 heavy (non-hydrogen) atoms. The zero-order valence-corrected chi connectivity index (χ0v) is 9.48. The number of carboxylic acids is 1. The van der Waals surface area contributed by atoms with Gasteiger partial charge in [-0.1, -0.05) is 0 Å². The molecule has 2 aliphatic rings. The fraction of sp³-hybridized carbons (Fsp3) is 0.583. The lowest BCUT2D eigenvalue weighted by atomic mass is 10.1. The van der Waals surface area contributed by atoms with Crippen molar-refractivity contribution in [3.8, 4) is 0 Å². The van der Waals surface area contributed by atoms with Crippen LogP contribution >= 0.6 is 0 Å². The molecule has 1 saturated carbocycles. The topological polar surface area (TPSA) is 72.3 Å². The predicted octanol–water partition coefficient (Wildman–Crippen LogP) is 1.17. The second-order valence-electron chi connectivity index (χ2n) is 4.55. The van der Waals surface area contributed by atoms with Crippen LogP contribution < -0.4 is 0 Å². The highest BCUT2D eigenvalue weighted by Crippen LogP contribution is 2.38. The van der Waals surface area contributed by atoms with E-state index < -0.39 is 5.97 Å². The van der Waals surface area contributed by atoms with E-state index in [1.165, 1.54) is 0 Å². The first-order valence-electron chi connectivity index (χ1n) is 5.96. The molecule has 1 aromatic heterocycles. The van der Waals surface area contributed by atoms with Gasteiger partial charge in [-0.15, -0.1) is 0 Å². The normalized spacial score (nSPS) is 19.5. The molecule has 5 nitrogen and oxygen atoms in total. The minimum absolute atomic E-state index is 0.183. The highest BCUT2D eigenvalue weighted by Gasteiger charge is 2.30. The smallest absolute Gasteiger partial charge is 0.354 e. The van der Waals surface area contributed by atoms with E-state index >= 15 is 0 Å². The summed E-state index contributed by atoms with van der Waals surface area (Å²) in [6, 6.07) is 0. The van der Waals surface area contributed by atoms with E-state index in [-0.39, 0.29) is 5.69 Å². The largest absolute Gasteiger partial charge is 0.477 e. The van der Waals surface area contributed by atoms with Crippen LogP contribution in [0.15, 0.2) is 0 Å². The van der Waals surface area contributed by atoms with Gasteiger partial charge in [-0.3, -0.25) is 0 Å². The molecule has 0 aromatic carbocycles. The lowest BCUT2D eigenvalue weighted by Gasteiger charge is -2.09. The van der Waals surface area contributed by atoms with E-state index in [4.69, 9.17) is 4.74 Å². The number of carbonyl (C=O) groups is 1. The van der Waals surface area contributed by atoms with Crippen molar-refractivity contribution in [2.45, 2.75) is 31.6 Å².